The summed E-state index contributed by atoms with van der Waals surface area (Å²) in [4.78, 5) is 21.7. The minimum Gasteiger partial charge on any atom is -0.322 e. The summed E-state index contributed by atoms with van der Waals surface area (Å²) in [6.45, 7) is 0.459. The van der Waals surface area contributed by atoms with Crippen LogP contribution in [0.25, 0.3) is 22.3 Å². The molecule has 0 atom stereocenters. The average Bonchev–Trinajstić information content (AvgIpc) is 3.19. The zero-order valence-electron chi connectivity index (χ0n) is 17.4. The Hall–Kier alpha value is -3.49. The van der Waals surface area contributed by atoms with E-state index in [-0.39, 0.29) is 11.7 Å². The minimum absolute atomic E-state index is 0.150. The number of amides is 1. The molecule has 0 radical (unpaired) electrons. The maximum atomic E-state index is 12.8. The number of pyridine rings is 2. The van der Waals surface area contributed by atoms with Crippen molar-refractivity contribution in [1.82, 2.24) is 9.97 Å². The predicted molar refractivity (Wildman–Crippen MR) is 130 cm³/mol. The first-order chi connectivity index (χ1) is 15.9. The Morgan fingerprint density at radius 3 is 2.58 bits per heavy atom. The first kappa shape index (κ1) is 21.4. The Labute approximate surface area is 196 Å². The summed E-state index contributed by atoms with van der Waals surface area (Å²) in [5, 5.41) is 3.38. The van der Waals surface area contributed by atoms with Crippen LogP contribution in [0.5, 0.6) is 0 Å². The predicted octanol–water partition coefficient (Wildman–Crippen LogP) is 4.74. The van der Waals surface area contributed by atoms with Gasteiger partial charge in [-0.2, -0.15) is 0 Å². The van der Waals surface area contributed by atoms with Crippen LogP contribution in [0.3, 0.4) is 0 Å². The van der Waals surface area contributed by atoms with Crippen LogP contribution in [0.15, 0.2) is 72.9 Å². The number of nitrogens with one attached hydrogen (secondary N) is 1. The molecule has 0 spiro atoms. The third-order valence-corrected chi connectivity index (χ3v) is 7.67. The molecule has 1 amide bonds. The third kappa shape index (κ3) is 4.27. The van der Waals surface area contributed by atoms with Gasteiger partial charge in [-0.15, -0.1) is 0 Å². The van der Waals surface area contributed by atoms with Crippen molar-refractivity contribution < 1.29 is 13.2 Å². The number of hydrogen-bond acceptors (Lipinski definition) is 5. The molecule has 0 unspecified atom stereocenters. The van der Waals surface area contributed by atoms with Crippen LogP contribution in [0.1, 0.15) is 16.8 Å². The van der Waals surface area contributed by atoms with Crippen molar-refractivity contribution in [3.8, 4) is 11.3 Å². The highest BCUT2D eigenvalue weighted by molar-refractivity contribution is 7.93. The number of hydrogen-bond donors (Lipinski definition) is 1. The van der Waals surface area contributed by atoms with Crippen molar-refractivity contribution in [2.24, 2.45) is 0 Å². The Morgan fingerprint density at radius 2 is 1.82 bits per heavy atom. The molecule has 7 nitrogen and oxygen atoms in total. The van der Waals surface area contributed by atoms with E-state index >= 15 is 0 Å². The van der Waals surface area contributed by atoms with Crippen molar-refractivity contribution >= 4 is 49.9 Å². The van der Waals surface area contributed by atoms with E-state index in [0.717, 1.165) is 11.0 Å². The summed E-state index contributed by atoms with van der Waals surface area (Å²) in [5.74, 6) is -0.161. The van der Waals surface area contributed by atoms with Crippen LogP contribution in [-0.4, -0.2) is 36.6 Å². The van der Waals surface area contributed by atoms with Crippen LogP contribution in [0.2, 0.25) is 5.02 Å². The van der Waals surface area contributed by atoms with Crippen molar-refractivity contribution in [2.45, 2.75) is 6.42 Å². The van der Waals surface area contributed by atoms with Crippen LogP contribution >= 0.6 is 11.6 Å². The molecule has 2 aromatic heterocycles. The number of anilines is 2. The number of nitrogens with zero attached hydrogens (tertiary/aromatic N) is 3. The van der Waals surface area contributed by atoms with Gasteiger partial charge in [-0.1, -0.05) is 11.6 Å². The van der Waals surface area contributed by atoms with Gasteiger partial charge in [-0.25, -0.2) is 13.4 Å². The standard InChI is InChI=1S/C24H19ClN4O3S/c25-20-9-6-17(15-19(20)21-10-11-22-23(28-21)3-1-12-26-22)27-24(30)16-4-7-18(8-5-16)29-13-2-14-33(29,31)32/h1,3-12,15H,2,13-14H2,(H,27,30). The van der Waals surface area contributed by atoms with E-state index in [9.17, 15) is 13.2 Å². The molecule has 0 saturated carbocycles. The van der Waals surface area contributed by atoms with Gasteiger partial charge in [0.05, 0.1) is 33.2 Å². The van der Waals surface area contributed by atoms with Gasteiger partial charge in [0.2, 0.25) is 10.0 Å². The molecule has 1 aliphatic rings. The van der Waals surface area contributed by atoms with Gasteiger partial charge in [-0.05, 0) is 73.2 Å². The second kappa shape index (κ2) is 8.46. The Morgan fingerprint density at radius 1 is 1.00 bits per heavy atom. The van der Waals surface area contributed by atoms with Crippen LogP contribution in [0, 0.1) is 0 Å². The number of sulfonamides is 1. The highest BCUT2D eigenvalue weighted by atomic mass is 35.5. The fourth-order valence-corrected chi connectivity index (χ4v) is 5.60. The van der Waals surface area contributed by atoms with Crippen LogP contribution in [-0.2, 0) is 10.0 Å². The van der Waals surface area contributed by atoms with E-state index in [0.29, 0.717) is 46.2 Å². The lowest BCUT2D eigenvalue weighted by Gasteiger charge is -2.17. The molecule has 1 N–H and O–H groups in total. The molecule has 1 fully saturated rings. The van der Waals surface area contributed by atoms with E-state index in [1.54, 1.807) is 48.7 Å². The molecular weight excluding hydrogens is 460 g/mol. The molecular formula is C24H19ClN4O3S. The fraction of sp³-hybridized carbons (Fsp3) is 0.125. The van der Waals surface area contributed by atoms with E-state index in [2.05, 4.69) is 15.3 Å². The van der Waals surface area contributed by atoms with Crippen LogP contribution in [0.4, 0.5) is 11.4 Å². The second-order valence-corrected chi connectivity index (χ2v) is 10.1. The zero-order valence-corrected chi connectivity index (χ0v) is 19.0. The largest absolute Gasteiger partial charge is 0.322 e. The number of carbonyl (C=O) groups is 1. The smallest absolute Gasteiger partial charge is 0.255 e. The molecule has 4 aromatic rings. The Kier molecular flexibility index (Phi) is 5.47. The number of rotatable bonds is 4. The second-order valence-electron chi connectivity index (χ2n) is 7.68. The SMILES string of the molecule is O=C(Nc1ccc(Cl)c(-c2ccc3ncccc3n2)c1)c1ccc(N2CCCS2(=O)=O)cc1. The van der Waals surface area contributed by atoms with Crippen molar-refractivity contribution in [3.05, 3.63) is 83.5 Å². The normalized spacial score (nSPS) is 15.0. The van der Waals surface area contributed by atoms with Crippen molar-refractivity contribution in [1.29, 1.82) is 0 Å². The maximum absolute atomic E-state index is 12.8. The Bertz CT molecular complexity index is 1470. The molecule has 3 heterocycles. The first-order valence-electron chi connectivity index (χ1n) is 10.3. The van der Waals surface area contributed by atoms with E-state index in [1.165, 1.54) is 4.31 Å². The number of benzene rings is 2. The summed E-state index contributed by atoms with van der Waals surface area (Å²) >= 11 is 6.42. The van der Waals surface area contributed by atoms with Gasteiger partial charge in [-0.3, -0.25) is 14.1 Å². The van der Waals surface area contributed by atoms with Crippen LogP contribution < -0.4 is 9.62 Å². The number of carbonyl (C=O) groups excluding carboxylic acids is 1. The number of aromatic nitrogens is 2. The van der Waals surface area contributed by atoms with Crippen molar-refractivity contribution in [3.63, 3.8) is 0 Å². The average molecular weight is 479 g/mol. The zero-order chi connectivity index (χ0) is 23.0. The monoisotopic (exact) mass is 478 g/mol. The molecule has 0 aliphatic carbocycles. The summed E-state index contributed by atoms with van der Waals surface area (Å²) in [5.41, 5.74) is 4.45. The summed E-state index contributed by atoms with van der Waals surface area (Å²) < 4.78 is 25.6. The maximum Gasteiger partial charge on any atom is 0.255 e. The lowest BCUT2D eigenvalue weighted by molar-refractivity contribution is 0.102. The summed E-state index contributed by atoms with van der Waals surface area (Å²) in [6, 6.07) is 19.2. The number of halogens is 1. The topological polar surface area (TPSA) is 92.3 Å². The van der Waals surface area contributed by atoms with E-state index in [4.69, 9.17) is 11.6 Å². The Balaban J connectivity index is 1.37. The lowest BCUT2D eigenvalue weighted by atomic mass is 10.1. The first-order valence-corrected chi connectivity index (χ1v) is 12.3. The quantitative estimate of drug-likeness (QED) is 0.457. The summed E-state index contributed by atoms with van der Waals surface area (Å²) in [6.07, 6.45) is 2.31. The molecule has 9 heteroatoms. The molecule has 5 rings (SSSR count). The van der Waals surface area contributed by atoms with Gasteiger partial charge in [0, 0.05) is 29.6 Å². The highest BCUT2D eigenvalue weighted by Gasteiger charge is 2.28. The van der Waals surface area contributed by atoms with Crippen molar-refractivity contribution in [2.75, 3.05) is 21.9 Å². The molecule has 33 heavy (non-hydrogen) atoms. The molecule has 1 saturated heterocycles. The van der Waals surface area contributed by atoms with Gasteiger partial charge < -0.3 is 5.32 Å². The lowest BCUT2D eigenvalue weighted by Crippen LogP contribution is -2.25. The van der Waals surface area contributed by atoms with Gasteiger partial charge in [0.1, 0.15) is 0 Å². The van der Waals surface area contributed by atoms with E-state index in [1.807, 2.05) is 24.3 Å². The summed E-state index contributed by atoms with van der Waals surface area (Å²) in [7, 11) is -3.26. The van der Waals surface area contributed by atoms with Gasteiger partial charge in [0.15, 0.2) is 0 Å². The fourth-order valence-electron chi connectivity index (χ4n) is 3.82. The molecule has 2 aromatic carbocycles. The molecule has 1 aliphatic heterocycles. The van der Waals surface area contributed by atoms with Gasteiger partial charge in [0.25, 0.3) is 5.91 Å². The molecule has 0 bridgehead atoms. The highest BCUT2D eigenvalue weighted by Crippen LogP contribution is 2.31. The molecule has 166 valence electrons. The number of fused-ring (bicyclic) bond motifs is 1. The van der Waals surface area contributed by atoms with Gasteiger partial charge >= 0.3 is 0 Å². The third-order valence-electron chi connectivity index (χ3n) is 5.47. The minimum atomic E-state index is -3.26. The van der Waals surface area contributed by atoms with E-state index < -0.39 is 10.0 Å².